The van der Waals surface area contributed by atoms with E-state index in [1.54, 1.807) is 12.1 Å². The molecule has 0 amide bonds. The van der Waals surface area contributed by atoms with Crippen molar-refractivity contribution in [3.8, 4) is 0 Å². The van der Waals surface area contributed by atoms with Gasteiger partial charge in [-0.15, -0.1) is 0 Å². The first-order valence-corrected chi connectivity index (χ1v) is 8.06. The van der Waals surface area contributed by atoms with E-state index in [4.69, 9.17) is 0 Å². The maximum Gasteiger partial charge on any atom is 0.256 e. The Kier molecular flexibility index (Phi) is 2.49. The molecule has 0 bridgehead atoms. The summed E-state index contributed by atoms with van der Waals surface area (Å²) in [6.07, 6.45) is 1.64. The van der Waals surface area contributed by atoms with Gasteiger partial charge in [-0.25, -0.2) is 17.2 Å². The van der Waals surface area contributed by atoms with Crippen molar-refractivity contribution in [2.24, 2.45) is 5.41 Å². The Bertz CT molecular complexity index is 612. The molecule has 0 N–H and O–H groups in total. The Morgan fingerprint density at radius 1 is 1.21 bits per heavy atom. The average molecular weight is 287 g/mol. The molecule has 2 aliphatic rings. The fourth-order valence-corrected chi connectivity index (χ4v) is 3.45. The molecule has 1 spiro atoms. The number of benzene rings is 1. The summed E-state index contributed by atoms with van der Waals surface area (Å²) in [4.78, 5) is 2.16. The molecular weight excluding hydrogens is 272 g/mol. The van der Waals surface area contributed by atoms with Gasteiger partial charge < -0.3 is 4.90 Å². The molecule has 2 fully saturated rings. The molecule has 3 nitrogen and oxygen atoms in total. The van der Waals surface area contributed by atoms with Crippen LogP contribution in [0, 0.1) is 5.41 Å². The summed E-state index contributed by atoms with van der Waals surface area (Å²) < 4.78 is 49.3. The highest BCUT2D eigenvalue weighted by atomic mass is 32.2. The quantitative estimate of drug-likeness (QED) is 0.838. The lowest BCUT2D eigenvalue weighted by Crippen LogP contribution is -2.22. The van der Waals surface area contributed by atoms with E-state index in [0.717, 1.165) is 11.9 Å². The van der Waals surface area contributed by atoms with Crippen LogP contribution in [0.1, 0.15) is 12.8 Å². The zero-order valence-electron chi connectivity index (χ0n) is 10.6. The minimum atomic E-state index is -3.21. The first kappa shape index (κ1) is 12.8. The second-order valence-corrected chi connectivity index (χ2v) is 7.61. The van der Waals surface area contributed by atoms with E-state index in [1.807, 2.05) is 4.90 Å². The lowest BCUT2D eigenvalue weighted by Gasteiger charge is -2.18. The molecule has 3 rings (SSSR count). The number of nitrogens with zero attached hydrogens (tertiary/aromatic N) is 1. The highest BCUT2D eigenvalue weighted by molar-refractivity contribution is 7.90. The van der Waals surface area contributed by atoms with Crippen molar-refractivity contribution in [2.45, 2.75) is 23.7 Å². The van der Waals surface area contributed by atoms with Crippen LogP contribution in [-0.4, -0.2) is 33.7 Å². The highest BCUT2D eigenvalue weighted by Crippen LogP contribution is 2.65. The number of hydrogen-bond acceptors (Lipinski definition) is 3. The van der Waals surface area contributed by atoms with Crippen molar-refractivity contribution < 1.29 is 17.2 Å². The molecule has 1 atom stereocenters. The molecule has 104 valence electrons. The molecule has 1 heterocycles. The third-order valence-electron chi connectivity index (χ3n) is 4.20. The number of sulfone groups is 1. The van der Waals surface area contributed by atoms with Crippen LogP contribution in [0.25, 0.3) is 0 Å². The van der Waals surface area contributed by atoms with Crippen LogP contribution in [0.2, 0.25) is 0 Å². The summed E-state index contributed by atoms with van der Waals surface area (Å²) in [5.41, 5.74) is -0.0188. The van der Waals surface area contributed by atoms with Gasteiger partial charge in [-0.2, -0.15) is 0 Å². The second-order valence-electron chi connectivity index (χ2n) is 5.60. The Balaban J connectivity index is 1.78. The van der Waals surface area contributed by atoms with E-state index in [0.29, 0.717) is 19.5 Å². The Morgan fingerprint density at radius 3 is 2.21 bits per heavy atom. The van der Waals surface area contributed by atoms with E-state index in [1.165, 1.54) is 12.1 Å². The van der Waals surface area contributed by atoms with E-state index < -0.39 is 21.2 Å². The summed E-state index contributed by atoms with van der Waals surface area (Å²) >= 11 is 0. The van der Waals surface area contributed by atoms with Crippen LogP contribution >= 0.6 is 0 Å². The van der Waals surface area contributed by atoms with Crippen molar-refractivity contribution in [2.75, 3.05) is 24.2 Å². The third kappa shape index (κ3) is 2.02. The SMILES string of the molecule is CS(=O)(=O)c1ccc(N2CC[C@]3(C2)CC3(F)F)cc1. The van der Waals surface area contributed by atoms with Gasteiger partial charge in [0.05, 0.1) is 10.3 Å². The smallest absolute Gasteiger partial charge is 0.256 e. The van der Waals surface area contributed by atoms with Gasteiger partial charge in [-0.05, 0) is 30.7 Å². The van der Waals surface area contributed by atoms with Crippen LogP contribution in [0.5, 0.6) is 0 Å². The van der Waals surface area contributed by atoms with Gasteiger partial charge in [-0.3, -0.25) is 0 Å². The van der Waals surface area contributed by atoms with Crippen molar-refractivity contribution >= 4 is 15.5 Å². The van der Waals surface area contributed by atoms with E-state index >= 15 is 0 Å². The Morgan fingerprint density at radius 2 is 1.79 bits per heavy atom. The molecule has 6 heteroatoms. The predicted octanol–water partition coefficient (Wildman–Crippen LogP) is 2.33. The van der Waals surface area contributed by atoms with Crippen molar-refractivity contribution in [1.82, 2.24) is 0 Å². The minimum Gasteiger partial charge on any atom is -0.371 e. The van der Waals surface area contributed by atoms with Crippen LogP contribution in [0.4, 0.5) is 14.5 Å². The summed E-state index contributed by atoms with van der Waals surface area (Å²) in [5.74, 6) is -2.52. The molecule has 1 aliphatic carbocycles. The molecule has 1 saturated heterocycles. The normalized spacial score (nSPS) is 28.9. The van der Waals surface area contributed by atoms with Gasteiger partial charge in [0, 0.05) is 31.5 Å². The number of hydrogen-bond donors (Lipinski definition) is 0. The third-order valence-corrected chi connectivity index (χ3v) is 5.32. The number of halogens is 2. The number of anilines is 1. The summed E-state index contributed by atoms with van der Waals surface area (Å²) in [6, 6.07) is 6.44. The molecular formula is C13H15F2NO2S. The standard InChI is InChI=1S/C13H15F2NO2S/c1-19(17,18)11-4-2-10(3-5-11)16-7-6-12(9-16)8-13(12,14)15/h2-5H,6-9H2,1H3/t12-/m1/s1. The maximum absolute atomic E-state index is 13.3. The fourth-order valence-electron chi connectivity index (χ4n) is 2.82. The lowest BCUT2D eigenvalue weighted by atomic mass is 10.1. The summed E-state index contributed by atoms with van der Waals surface area (Å²) in [7, 11) is -3.21. The second kappa shape index (κ2) is 3.69. The van der Waals surface area contributed by atoms with E-state index in [-0.39, 0.29) is 11.3 Å². The molecule has 1 aromatic rings. The van der Waals surface area contributed by atoms with E-state index in [9.17, 15) is 17.2 Å². The molecule has 0 aromatic heterocycles. The number of rotatable bonds is 2. The topological polar surface area (TPSA) is 37.4 Å². The van der Waals surface area contributed by atoms with Crippen LogP contribution < -0.4 is 4.90 Å². The summed E-state index contributed by atoms with van der Waals surface area (Å²) in [5, 5.41) is 0. The van der Waals surface area contributed by atoms with Gasteiger partial charge in [0.25, 0.3) is 5.92 Å². The first-order valence-electron chi connectivity index (χ1n) is 6.17. The monoisotopic (exact) mass is 287 g/mol. The molecule has 0 unspecified atom stereocenters. The van der Waals surface area contributed by atoms with Crippen molar-refractivity contribution in [3.05, 3.63) is 24.3 Å². The van der Waals surface area contributed by atoms with Gasteiger partial charge in [0.1, 0.15) is 0 Å². The van der Waals surface area contributed by atoms with Gasteiger partial charge in [0.15, 0.2) is 9.84 Å². The Hall–Kier alpha value is -1.17. The highest BCUT2D eigenvalue weighted by Gasteiger charge is 2.72. The molecule has 0 radical (unpaired) electrons. The first-order chi connectivity index (χ1) is 8.74. The zero-order chi connectivity index (χ0) is 13.9. The molecule has 1 aromatic carbocycles. The van der Waals surface area contributed by atoms with Gasteiger partial charge >= 0.3 is 0 Å². The zero-order valence-corrected chi connectivity index (χ0v) is 11.4. The van der Waals surface area contributed by atoms with Crippen LogP contribution in [0.3, 0.4) is 0 Å². The number of alkyl halides is 2. The molecule has 1 aliphatic heterocycles. The van der Waals surface area contributed by atoms with Gasteiger partial charge in [0.2, 0.25) is 0 Å². The average Bonchev–Trinajstić information content (AvgIpc) is 2.69. The van der Waals surface area contributed by atoms with Crippen LogP contribution in [-0.2, 0) is 9.84 Å². The van der Waals surface area contributed by atoms with Gasteiger partial charge in [-0.1, -0.05) is 0 Å². The van der Waals surface area contributed by atoms with E-state index in [2.05, 4.69) is 0 Å². The fraction of sp³-hybridized carbons (Fsp3) is 0.538. The summed E-state index contributed by atoms with van der Waals surface area (Å²) in [6.45, 7) is 0.964. The van der Waals surface area contributed by atoms with Crippen molar-refractivity contribution in [1.29, 1.82) is 0 Å². The van der Waals surface area contributed by atoms with Crippen molar-refractivity contribution in [3.63, 3.8) is 0 Å². The lowest BCUT2D eigenvalue weighted by molar-refractivity contribution is 0.0711. The molecule has 19 heavy (non-hydrogen) atoms. The minimum absolute atomic E-state index is 0.0159. The Labute approximate surface area is 111 Å². The van der Waals surface area contributed by atoms with Crippen LogP contribution in [0.15, 0.2) is 29.2 Å². The largest absolute Gasteiger partial charge is 0.371 e. The maximum atomic E-state index is 13.3. The molecule has 1 saturated carbocycles. The predicted molar refractivity (Wildman–Crippen MR) is 68.4 cm³/mol.